The van der Waals surface area contributed by atoms with Crippen LogP contribution in [-0.4, -0.2) is 59.9 Å². The van der Waals surface area contributed by atoms with Gasteiger partial charge in [0, 0.05) is 32.0 Å². The van der Waals surface area contributed by atoms with Crippen molar-refractivity contribution in [3.8, 4) is 5.75 Å². The second kappa shape index (κ2) is 8.18. The zero-order chi connectivity index (χ0) is 21.3. The second-order valence-corrected chi connectivity index (χ2v) is 8.61. The molecule has 2 aliphatic rings. The van der Waals surface area contributed by atoms with Crippen molar-refractivity contribution in [2.45, 2.75) is 70.2 Å². The molecule has 2 bridgehead atoms. The molecule has 2 fully saturated rings. The lowest BCUT2D eigenvalue weighted by Gasteiger charge is -2.39. The summed E-state index contributed by atoms with van der Waals surface area (Å²) >= 11 is 0. The first-order valence-corrected chi connectivity index (χ1v) is 9.88. The van der Waals surface area contributed by atoms with Crippen molar-refractivity contribution in [3.05, 3.63) is 29.6 Å². The largest absolute Gasteiger partial charge is 0.490 e. The number of carbonyl (C=O) groups is 2. The molecule has 1 aromatic carbocycles. The summed E-state index contributed by atoms with van der Waals surface area (Å²) in [5.74, 6) is -0.796. The molecule has 0 aromatic heterocycles. The number of hydrogen-bond acceptors (Lipinski definition) is 5. The first-order chi connectivity index (χ1) is 13.6. The second-order valence-electron chi connectivity index (χ2n) is 8.61. The van der Waals surface area contributed by atoms with E-state index in [1.54, 1.807) is 0 Å². The summed E-state index contributed by atoms with van der Waals surface area (Å²) < 4.78 is 25.7. The molecule has 0 N–H and O–H groups in total. The number of nitrogens with zero attached hydrogens (tertiary/aromatic N) is 2. The van der Waals surface area contributed by atoms with Crippen LogP contribution < -0.4 is 4.74 Å². The van der Waals surface area contributed by atoms with Crippen LogP contribution >= 0.6 is 0 Å². The number of rotatable bonds is 4. The average molecular weight is 408 g/mol. The van der Waals surface area contributed by atoms with E-state index in [4.69, 9.17) is 14.3 Å². The molecule has 2 aliphatic heterocycles. The SMILES string of the molecule is CON(C)C(=O)c1cc(O[C@H]2C[C@H]3CC[C@@H](C2)N3C(=O)OC(C)(C)C)ccc1F. The highest BCUT2D eigenvalue weighted by molar-refractivity contribution is 5.94. The van der Waals surface area contributed by atoms with Crippen LogP contribution in [0.5, 0.6) is 5.75 Å². The van der Waals surface area contributed by atoms with E-state index in [0.29, 0.717) is 18.6 Å². The third-order valence-electron chi connectivity index (χ3n) is 5.32. The highest BCUT2D eigenvalue weighted by Crippen LogP contribution is 2.38. The van der Waals surface area contributed by atoms with E-state index in [1.165, 1.54) is 32.4 Å². The number of benzene rings is 1. The van der Waals surface area contributed by atoms with Gasteiger partial charge in [-0.2, -0.15) is 0 Å². The zero-order valence-corrected chi connectivity index (χ0v) is 17.6. The summed E-state index contributed by atoms with van der Waals surface area (Å²) in [5, 5.41) is 0.960. The highest BCUT2D eigenvalue weighted by atomic mass is 19.1. The number of ether oxygens (including phenoxy) is 2. The normalized spacial score (nSPS) is 23.7. The summed E-state index contributed by atoms with van der Waals surface area (Å²) in [6, 6.07) is 4.26. The molecule has 0 radical (unpaired) electrons. The number of carbonyl (C=O) groups excluding carboxylic acids is 2. The van der Waals surface area contributed by atoms with Gasteiger partial charge in [-0.05, 0) is 51.8 Å². The first kappa shape index (κ1) is 21.4. The number of fused-ring (bicyclic) bond motifs is 2. The van der Waals surface area contributed by atoms with E-state index >= 15 is 0 Å². The Hall–Kier alpha value is -2.35. The standard InChI is InChI=1S/C21H29FN2O5/c1-21(2,3)29-20(26)24-13-6-7-14(24)11-16(10-13)28-15-8-9-18(22)17(12-15)19(25)23(4)27-5/h8-9,12-14,16H,6-7,10-11H2,1-5H3/t13-,14+,16+. The van der Waals surface area contributed by atoms with Gasteiger partial charge in [0.05, 0.1) is 12.7 Å². The minimum absolute atomic E-state index is 0.0646. The summed E-state index contributed by atoms with van der Waals surface area (Å²) in [7, 11) is 2.75. The fraction of sp³-hybridized carbons (Fsp3) is 0.619. The molecule has 160 valence electrons. The average Bonchev–Trinajstić information content (AvgIpc) is 2.92. The van der Waals surface area contributed by atoms with Crippen LogP contribution in [0, 0.1) is 5.82 Å². The molecule has 0 spiro atoms. The Morgan fingerprint density at radius 2 is 1.79 bits per heavy atom. The number of hydrogen-bond donors (Lipinski definition) is 0. The molecule has 0 aliphatic carbocycles. The molecule has 2 amide bonds. The van der Waals surface area contributed by atoms with Crippen molar-refractivity contribution < 1.29 is 28.3 Å². The number of amides is 2. The van der Waals surface area contributed by atoms with Gasteiger partial charge in [0.1, 0.15) is 23.3 Å². The van der Waals surface area contributed by atoms with Crippen LogP contribution in [-0.2, 0) is 9.57 Å². The maximum Gasteiger partial charge on any atom is 0.410 e. The number of halogens is 1. The topological polar surface area (TPSA) is 68.3 Å². The molecule has 29 heavy (non-hydrogen) atoms. The Kier molecular flexibility index (Phi) is 6.03. The van der Waals surface area contributed by atoms with Crippen LogP contribution in [0.15, 0.2) is 18.2 Å². The van der Waals surface area contributed by atoms with Crippen LogP contribution in [0.3, 0.4) is 0 Å². The van der Waals surface area contributed by atoms with Gasteiger partial charge in [0.15, 0.2) is 0 Å². The molecule has 8 heteroatoms. The van der Waals surface area contributed by atoms with Crippen molar-refractivity contribution >= 4 is 12.0 Å². The molecule has 0 unspecified atom stereocenters. The number of hydroxylamine groups is 2. The monoisotopic (exact) mass is 408 g/mol. The molecule has 3 rings (SSSR count). The molecule has 2 heterocycles. The smallest absolute Gasteiger partial charge is 0.410 e. The van der Waals surface area contributed by atoms with E-state index in [1.807, 2.05) is 25.7 Å². The fourth-order valence-electron chi connectivity index (χ4n) is 4.02. The summed E-state index contributed by atoms with van der Waals surface area (Å²) in [5.41, 5.74) is -0.642. The minimum atomic E-state index is -0.633. The lowest BCUT2D eigenvalue weighted by molar-refractivity contribution is -0.0759. The quantitative estimate of drug-likeness (QED) is 0.710. The minimum Gasteiger partial charge on any atom is -0.490 e. The Morgan fingerprint density at radius 3 is 2.34 bits per heavy atom. The lowest BCUT2D eigenvalue weighted by Crippen LogP contribution is -2.50. The van der Waals surface area contributed by atoms with E-state index in [9.17, 15) is 14.0 Å². The van der Waals surface area contributed by atoms with Gasteiger partial charge in [0.2, 0.25) is 0 Å². The third-order valence-corrected chi connectivity index (χ3v) is 5.32. The first-order valence-electron chi connectivity index (χ1n) is 9.88. The van der Waals surface area contributed by atoms with E-state index in [0.717, 1.165) is 17.9 Å². The van der Waals surface area contributed by atoms with Crippen LogP contribution in [0.25, 0.3) is 0 Å². The molecule has 2 saturated heterocycles. The van der Waals surface area contributed by atoms with Gasteiger partial charge in [-0.15, -0.1) is 0 Å². The van der Waals surface area contributed by atoms with Crippen molar-refractivity contribution in [1.82, 2.24) is 9.96 Å². The Bertz CT molecular complexity index is 765. The fourth-order valence-corrected chi connectivity index (χ4v) is 4.02. The molecule has 3 atom stereocenters. The maximum absolute atomic E-state index is 14.1. The predicted octanol–water partition coefficient (Wildman–Crippen LogP) is 3.77. The van der Waals surface area contributed by atoms with E-state index in [2.05, 4.69) is 0 Å². The molecular weight excluding hydrogens is 379 g/mol. The molecule has 0 saturated carbocycles. The predicted molar refractivity (Wildman–Crippen MR) is 104 cm³/mol. The lowest BCUT2D eigenvalue weighted by atomic mass is 10.00. The van der Waals surface area contributed by atoms with Gasteiger partial charge < -0.3 is 14.4 Å². The van der Waals surface area contributed by atoms with Crippen LogP contribution in [0.4, 0.5) is 9.18 Å². The Labute approximate surface area is 170 Å². The van der Waals surface area contributed by atoms with E-state index < -0.39 is 17.3 Å². The Morgan fingerprint density at radius 1 is 1.17 bits per heavy atom. The van der Waals surface area contributed by atoms with Crippen molar-refractivity contribution in [1.29, 1.82) is 0 Å². The van der Waals surface area contributed by atoms with Gasteiger partial charge >= 0.3 is 6.09 Å². The number of piperidine rings is 1. The maximum atomic E-state index is 14.1. The van der Waals surface area contributed by atoms with Crippen LogP contribution in [0.2, 0.25) is 0 Å². The third kappa shape index (κ3) is 4.80. The van der Waals surface area contributed by atoms with Gasteiger partial charge in [0.25, 0.3) is 5.91 Å². The van der Waals surface area contributed by atoms with Gasteiger partial charge in [-0.1, -0.05) is 0 Å². The van der Waals surface area contributed by atoms with Gasteiger partial charge in [-0.3, -0.25) is 9.63 Å². The molecule has 7 nitrogen and oxygen atoms in total. The van der Waals surface area contributed by atoms with Gasteiger partial charge in [-0.25, -0.2) is 14.2 Å². The summed E-state index contributed by atoms with van der Waals surface area (Å²) in [4.78, 5) is 31.5. The summed E-state index contributed by atoms with van der Waals surface area (Å²) in [6.45, 7) is 5.57. The van der Waals surface area contributed by atoms with Crippen molar-refractivity contribution in [2.24, 2.45) is 0 Å². The van der Waals surface area contributed by atoms with Crippen molar-refractivity contribution in [2.75, 3.05) is 14.2 Å². The van der Waals surface area contributed by atoms with Crippen LogP contribution in [0.1, 0.15) is 56.8 Å². The molecular formula is C21H29FN2O5. The Balaban J connectivity index is 1.68. The zero-order valence-electron chi connectivity index (χ0n) is 17.6. The van der Waals surface area contributed by atoms with E-state index in [-0.39, 0.29) is 29.8 Å². The summed E-state index contributed by atoms with van der Waals surface area (Å²) in [6.07, 6.45) is 2.79. The highest BCUT2D eigenvalue weighted by Gasteiger charge is 2.45. The molecule has 1 aromatic rings. The van der Waals surface area contributed by atoms with Crippen molar-refractivity contribution in [3.63, 3.8) is 0 Å².